The van der Waals surface area contributed by atoms with Crippen molar-refractivity contribution in [2.24, 2.45) is 0 Å². The number of hydrogen-bond acceptors (Lipinski definition) is 11. The summed E-state index contributed by atoms with van der Waals surface area (Å²) in [6.07, 6.45) is 4.04. The number of amides is 2. The number of hydrogen-bond donors (Lipinski definition) is 3. The fourth-order valence-electron chi connectivity index (χ4n) is 7.51. The Morgan fingerprint density at radius 3 is 2.08 bits per heavy atom. The minimum atomic E-state index is -0.526. The van der Waals surface area contributed by atoms with Crippen LogP contribution in [0.2, 0.25) is 0 Å². The van der Waals surface area contributed by atoms with Crippen molar-refractivity contribution in [3.63, 3.8) is 0 Å². The molecular weight excluding hydrogens is 753 g/mol. The number of carbonyl (C=O) groups is 3. The van der Waals surface area contributed by atoms with Crippen LogP contribution >= 0.6 is 0 Å². The van der Waals surface area contributed by atoms with Gasteiger partial charge in [0.25, 0.3) is 0 Å². The summed E-state index contributed by atoms with van der Waals surface area (Å²) in [6.45, 7) is 13.2. The van der Waals surface area contributed by atoms with Gasteiger partial charge in [-0.3, -0.25) is 9.59 Å². The number of anilines is 1. The molecule has 3 aromatic rings. The number of alkyl carbamates (subject to hydrolysis) is 1. The highest BCUT2D eigenvalue weighted by Crippen LogP contribution is 2.27. The molecule has 13 nitrogen and oxygen atoms in total. The van der Waals surface area contributed by atoms with E-state index in [1.54, 1.807) is 0 Å². The van der Waals surface area contributed by atoms with E-state index in [1.165, 1.54) is 22.0 Å². The Morgan fingerprint density at radius 2 is 1.39 bits per heavy atom. The van der Waals surface area contributed by atoms with E-state index < -0.39 is 11.7 Å². The number of benzene rings is 3. The molecule has 13 heteroatoms. The molecule has 3 aromatic carbocycles. The first-order valence-electron chi connectivity index (χ1n) is 21.4. The smallest absolute Gasteiger partial charge is 0.407 e. The van der Waals surface area contributed by atoms with Crippen molar-refractivity contribution in [2.75, 3.05) is 77.4 Å². The van der Waals surface area contributed by atoms with Crippen molar-refractivity contribution in [3.8, 4) is 0 Å². The third-order valence-corrected chi connectivity index (χ3v) is 10.5. The van der Waals surface area contributed by atoms with Crippen molar-refractivity contribution in [3.05, 3.63) is 77.9 Å². The lowest BCUT2D eigenvalue weighted by molar-refractivity contribution is -0.150. The van der Waals surface area contributed by atoms with E-state index >= 15 is 0 Å². The van der Waals surface area contributed by atoms with Gasteiger partial charge in [0.05, 0.1) is 59.3 Å². The van der Waals surface area contributed by atoms with Crippen LogP contribution in [0.1, 0.15) is 83.4 Å². The second-order valence-electron chi connectivity index (χ2n) is 16.4. The van der Waals surface area contributed by atoms with Crippen LogP contribution in [0.15, 0.2) is 66.7 Å². The molecule has 2 atom stereocenters. The average Bonchev–Trinajstić information content (AvgIpc) is 3.67. The molecule has 0 aromatic heterocycles. The van der Waals surface area contributed by atoms with Crippen molar-refractivity contribution in [2.45, 2.75) is 102 Å². The minimum absolute atomic E-state index is 0.0396. The summed E-state index contributed by atoms with van der Waals surface area (Å²) in [5.41, 5.74) is 2.92. The summed E-state index contributed by atoms with van der Waals surface area (Å²) in [5, 5.41) is 12.2. The Morgan fingerprint density at radius 1 is 0.746 bits per heavy atom. The number of fused-ring (bicyclic) bond motifs is 1. The van der Waals surface area contributed by atoms with E-state index in [0.29, 0.717) is 65.4 Å². The molecule has 0 radical (unpaired) electrons. The number of nitrogens with one attached hydrogen (secondary N) is 3. The molecule has 324 valence electrons. The second kappa shape index (κ2) is 24.1. The van der Waals surface area contributed by atoms with Gasteiger partial charge in [-0.15, -0.1) is 0 Å². The molecule has 2 aliphatic rings. The monoisotopic (exact) mass is 818 g/mol. The lowest BCUT2D eigenvalue weighted by Crippen LogP contribution is -2.39. The Bertz CT molecular complexity index is 1720. The number of carbonyl (C=O) groups excluding carboxylic acids is 3. The van der Waals surface area contributed by atoms with Gasteiger partial charge >= 0.3 is 12.1 Å². The van der Waals surface area contributed by atoms with Gasteiger partial charge in [-0.1, -0.05) is 54.6 Å². The molecule has 1 aliphatic heterocycles. The lowest BCUT2D eigenvalue weighted by Gasteiger charge is -2.29. The van der Waals surface area contributed by atoms with Gasteiger partial charge in [0.1, 0.15) is 11.7 Å². The largest absolute Gasteiger partial charge is 0.462 e. The van der Waals surface area contributed by atoms with E-state index in [0.717, 1.165) is 50.8 Å². The third-order valence-electron chi connectivity index (χ3n) is 10.5. The fraction of sp³-hybridized carbons (Fsp3) is 0.587. The molecule has 3 N–H and O–H groups in total. The molecule has 5 rings (SSSR count). The van der Waals surface area contributed by atoms with Gasteiger partial charge in [-0.05, 0) is 93.8 Å². The van der Waals surface area contributed by atoms with Gasteiger partial charge in [-0.25, -0.2) is 4.79 Å². The van der Waals surface area contributed by atoms with Crippen molar-refractivity contribution in [1.29, 1.82) is 0 Å². The lowest BCUT2D eigenvalue weighted by atomic mass is 9.93. The Labute approximate surface area is 350 Å². The standard InChI is InChI=1S/C46H66N4O9/c1-34(41-11-7-9-36-8-5-6-10-42(36)41)48-38-20-23-50(33-38)39-16-12-35(13-17-39)32-44(52)58-40-18-14-37(15-19-40)49-43(51)21-24-54-26-28-56-30-31-57-29-27-55-25-22-47-45(53)59-46(2,3)4/h5-13,16-17,34,37-38,40,48H,14-15,18-33H2,1-4H3,(H,47,53)(H,49,51)/t34-,37?,38+,40?/m1/s1. The van der Waals surface area contributed by atoms with E-state index in [1.807, 2.05) is 32.9 Å². The van der Waals surface area contributed by atoms with Crippen LogP contribution < -0.4 is 20.9 Å². The van der Waals surface area contributed by atoms with Crippen LogP contribution in [0.25, 0.3) is 10.8 Å². The summed E-state index contributed by atoms with van der Waals surface area (Å²) in [6, 6.07) is 24.1. The molecule has 59 heavy (non-hydrogen) atoms. The Kier molecular flexibility index (Phi) is 18.7. The summed E-state index contributed by atoms with van der Waals surface area (Å²) in [5.74, 6) is -0.248. The van der Waals surface area contributed by atoms with Crippen molar-refractivity contribution < 1.29 is 42.8 Å². The first kappa shape index (κ1) is 45.8. The first-order chi connectivity index (χ1) is 28.5. The van der Waals surface area contributed by atoms with Crippen LogP contribution in [-0.4, -0.2) is 114 Å². The minimum Gasteiger partial charge on any atom is -0.462 e. The topological polar surface area (TPSA) is 146 Å². The summed E-state index contributed by atoms with van der Waals surface area (Å²) in [7, 11) is 0. The van der Waals surface area contributed by atoms with Gasteiger partial charge in [0, 0.05) is 49.9 Å². The van der Waals surface area contributed by atoms with Crippen molar-refractivity contribution in [1.82, 2.24) is 16.0 Å². The van der Waals surface area contributed by atoms with E-state index in [-0.39, 0.29) is 42.9 Å². The predicted molar refractivity (Wildman–Crippen MR) is 229 cm³/mol. The maximum atomic E-state index is 12.8. The Hall–Kier alpha value is -4.27. The van der Waals surface area contributed by atoms with Crippen LogP contribution in [0.4, 0.5) is 10.5 Å². The van der Waals surface area contributed by atoms with E-state index in [2.05, 4.69) is 82.4 Å². The summed E-state index contributed by atoms with van der Waals surface area (Å²) >= 11 is 0. The Balaban J connectivity index is 0.839. The van der Waals surface area contributed by atoms with E-state index in [4.69, 9.17) is 28.4 Å². The molecule has 1 saturated carbocycles. The van der Waals surface area contributed by atoms with Gasteiger partial charge in [0.2, 0.25) is 5.91 Å². The molecule has 2 fully saturated rings. The van der Waals surface area contributed by atoms with Crippen LogP contribution in [0, 0.1) is 0 Å². The normalized spacial score (nSPS) is 18.7. The molecule has 1 aliphatic carbocycles. The molecule has 0 unspecified atom stereocenters. The number of ether oxygens (including phenoxy) is 6. The van der Waals surface area contributed by atoms with Crippen LogP contribution in [0.3, 0.4) is 0 Å². The maximum absolute atomic E-state index is 12.8. The summed E-state index contributed by atoms with van der Waals surface area (Å²) in [4.78, 5) is 39.3. The molecule has 1 saturated heterocycles. The number of esters is 1. The number of nitrogens with zero attached hydrogens (tertiary/aromatic N) is 1. The quantitative estimate of drug-likeness (QED) is 0.0736. The van der Waals surface area contributed by atoms with E-state index in [9.17, 15) is 14.4 Å². The highest BCUT2D eigenvalue weighted by atomic mass is 16.6. The molecule has 0 bridgehead atoms. The molecule has 2 amide bonds. The van der Waals surface area contributed by atoms with Gasteiger partial charge in [0.15, 0.2) is 0 Å². The van der Waals surface area contributed by atoms with Gasteiger partial charge in [-0.2, -0.15) is 0 Å². The zero-order valence-electron chi connectivity index (χ0n) is 35.5. The molecular formula is C46H66N4O9. The zero-order valence-corrected chi connectivity index (χ0v) is 35.5. The average molecular weight is 819 g/mol. The zero-order chi connectivity index (χ0) is 41.9. The van der Waals surface area contributed by atoms with Crippen LogP contribution in [-0.2, 0) is 44.4 Å². The summed E-state index contributed by atoms with van der Waals surface area (Å²) < 4.78 is 32.9. The van der Waals surface area contributed by atoms with Crippen LogP contribution in [0.5, 0.6) is 0 Å². The van der Waals surface area contributed by atoms with Crippen molar-refractivity contribution >= 4 is 34.4 Å². The second-order valence-corrected chi connectivity index (χ2v) is 16.4. The highest BCUT2D eigenvalue weighted by molar-refractivity contribution is 5.86. The SMILES string of the molecule is C[C@@H](N[C@H]1CCN(c2ccc(CC(=O)OC3CCC(NC(=O)CCOCCOCCOCCOCCNC(=O)OC(C)(C)C)CC3)cc2)C1)c1cccc2ccccc12. The number of rotatable bonds is 23. The highest BCUT2D eigenvalue weighted by Gasteiger charge is 2.27. The third kappa shape index (κ3) is 16.7. The molecule has 0 spiro atoms. The maximum Gasteiger partial charge on any atom is 0.407 e. The van der Waals surface area contributed by atoms with Gasteiger partial charge < -0.3 is 49.3 Å². The molecule has 1 heterocycles. The first-order valence-corrected chi connectivity index (χ1v) is 21.4. The fourth-order valence-corrected chi connectivity index (χ4v) is 7.51. The predicted octanol–water partition coefficient (Wildman–Crippen LogP) is 6.26.